The van der Waals surface area contributed by atoms with Gasteiger partial charge in [-0.05, 0) is 30.9 Å². The molecule has 0 unspecified atom stereocenters. The van der Waals surface area contributed by atoms with Crippen LogP contribution in [0, 0.1) is 5.92 Å². The van der Waals surface area contributed by atoms with Crippen molar-refractivity contribution in [1.82, 2.24) is 0 Å². The quantitative estimate of drug-likeness (QED) is 0.767. The smallest absolute Gasteiger partial charge is 0.310 e. The average molecular weight is 294 g/mol. The van der Waals surface area contributed by atoms with Crippen molar-refractivity contribution >= 4 is 5.97 Å². The van der Waals surface area contributed by atoms with E-state index in [9.17, 15) is 4.79 Å². The summed E-state index contributed by atoms with van der Waals surface area (Å²) in [5.41, 5.74) is 2.19. The number of benzene rings is 2. The van der Waals surface area contributed by atoms with Crippen molar-refractivity contribution in [1.29, 1.82) is 0 Å². The summed E-state index contributed by atoms with van der Waals surface area (Å²) in [5, 5.41) is 0. The number of rotatable bonds is 5. The Labute approximate surface area is 132 Å². The molecule has 2 atom stereocenters. The fraction of sp³-hybridized carbons (Fsp3) is 0.350. The fourth-order valence-electron chi connectivity index (χ4n) is 3.19. The minimum absolute atomic E-state index is 0.0163. The highest BCUT2D eigenvalue weighted by atomic mass is 16.5. The first-order valence-corrected chi connectivity index (χ1v) is 8.00. The number of carbonyl (C=O) groups excluding carboxylic acids is 1. The molecule has 0 aromatic heterocycles. The van der Waals surface area contributed by atoms with Gasteiger partial charge in [0.2, 0.25) is 0 Å². The Bertz CT molecular complexity index is 594. The molecule has 2 nitrogen and oxygen atoms in total. The molecule has 114 valence electrons. The lowest BCUT2D eigenvalue weighted by atomic mass is 9.86. The topological polar surface area (TPSA) is 26.3 Å². The number of hydrogen-bond donors (Lipinski definition) is 0. The van der Waals surface area contributed by atoms with Gasteiger partial charge in [0.15, 0.2) is 0 Å². The molecule has 0 spiro atoms. The van der Waals surface area contributed by atoms with E-state index in [2.05, 4.69) is 24.3 Å². The van der Waals surface area contributed by atoms with Gasteiger partial charge in [-0.2, -0.15) is 0 Å². The number of carbonyl (C=O) groups is 1. The van der Waals surface area contributed by atoms with Gasteiger partial charge < -0.3 is 4.74 Å². The van der Waals surface area contributed by atoms with Crippen LogP contribution in [0.15, 0.2) is 60.7 Å². The van der Waals surface area contributed by atoms with Crippen LogP contribution < -0.4 is 0 Å². The predicted molar refractivity (Wildman–Crippen MR) is 87.6 cm³/mol. The molecule has 0 saturated heterocycles. The Morgan fingerprint density at radius 3 is 2.05 bits per heavy atom. The maximum Gasteiger partial charge on any atom is 0.310 e. The zero-order valence-electron chi connectivity index (χ0n) is 13.2. The largest absolute Gasteiger partial charge is 0.462 e. The summed E-state index contributed by atoms with van der Waals surface area (Å²) in [6.07, 6.45) is 1.66. The van der Waals surface area contributed by atoms with Gasteiger partial charge in [0.05, 0.1) is 12.0 Å². The molecule has 0 N–H and O–H groups in total. The molecular weight excluding hydrogens is 272 g/mol. The van der Waals surface area contributed by atoms with Crippen LogP contribution in [0.2, 0.25) is 0 Å². The van der Waals surface area contributed by atoms with Crippen LogP contribution in [0.3, 0.4) is 0 Å². The normalized spacial score (nSPS) is 20.2. The molecule has 2 aromatic carbocycles. The fourth-order valence-corrected chi connectivity index (χ4v) is 3.19. The Morgan fingerprint density at radius 1 is 1.09 bits per heavy atom. The van der Waals surface area contributed by atoms with Crippen molar-refractivity contribution in [3.05, 3.63) is 71.8 Å². The molecule has 3 rings (SSSR count). The first-order chi connectivity index (χ1) is 10.7. The molecule has 2 aromatic rings. The third kappa shape index (κ3) is 2.54. The zero-order valence-corrected chi connectivity index (χ0v) is 13.2. The van der Waals surface area contributed by atoms with E-state index in [4.69, 9.17) is 4.74 Å². The van der Waals surface area contributed by atoms with Crippen molar-refractivity contribution < 1.29 is 9.53 Å². The Balaban J connectivity index is 1.93. The van der Waals surface area contributed by atoms with Gasteiger partial charge in [0.1, 0.15) is 0 Å². The minimum atomic E-state index is -0.215. The third-order valence-corrected chi connectivity index (χ3v) is 4.72. The predicted octanol–water partition coefficient (Wildman–Crippen LogP) is 4.33. The van der Waals surface area contributed by atoms with Crippen molar-refractivity contribution in [3.63, 3.8) is 0 Å². The van der Waals surface area contributed by atoms with Crippen LogP contribution in [0.1, 0.15) is 37.8 Å². The van der Waals surface area contributed by atoms with E-state index in [0.717, 1.165) is 12.8 Å². The summed E-state index contributed by atoms with van der Waals surface area (Å²) in [4.78, 5) is 12.5. The van der Waals surface area contributed by atoms with E-state index in [1.54, 1.807) is 0 Å². The average Bonchev–Trinajstić information content (AvgIpc) is 3.33. The summed E-state index contributed by atoms with van der Waals surface area (Å²) < 4.78 is 5.58. The maximum atomic E-state index is 12.5. The van der Waals surface area contributed by atoms with Gasteiger partial charge in [0, 0.05) is 5.41 Å². The van der Waals surface area contributed by atoms with E-state index in [1.807, 2.05) is 50.2 Å². The molecule has 0 amide bonds. The van der Waals surface area contributed by atoms with Crippen LogP contribution in [0.25, 0.3) is 0 Å². The van der Waals surface area contributed by atoms with Gasteiger partial charge in [-0.15, -0.1) is 0 Å². The van der Waals surface area contributed by atoms with Crippen molar-refractivity contribution in [3.8, 4) is 0 Å². The molecule has 1 aliphatic carbocycles. The lowest BCUT2D eigenvalue weighted by Gasteiger charge is -2.19. The monoisotopic (exact) mass is 294 g/mol. The van der Waals surface area contributed by atoms with Crippen molar-refractivity contribution in [2.45, 2.75) is 38.2 Å². The molecule has 0 bridgehead atoms. The number of ether oxygens (including phenoxy) is 1. The minimum Gasteiger partial charge on any atom is -0.462 e. The Hall–Kier alpha value is -2.09. The third-order valence-electron chi connectivity index (χ3n) is 4.72. The SMILES string of the molecule is CC[C@@H](C)OC(=O)[C@@H]1CC1(c1ccccc1)c1ccccc1. The van der Waals surface area contributed by atoms with Crippen molar-refractivity contribution in [2.75, 3.05) is 0 Å². The van der Waals surface area contributed by atoms with Gasteiger partial charge in [-0.1, -0.05) is 67.6 Å². The standard InChI is InChI=1S/C20H22O2/c1-3-15(2)22-19(21)18-14-20(18,16-10-6-4-7-11-16)17-12-8-5-9-13-17/h4-13,15,18H,3,14H2,1-2H3/t15-,18+/m1/s1. The first kappa shape index (κ1) is 14.8. The number of esters is 1. The van der Waals surface area contributed by atoms with Gasteiger partial charge in [-0.3, -0.25) is 4.79 Å². The molecule has 0 aliphatic heterocycles. The summed E-state index contributed by atoms with van der Waals surface area (Å²) in [6.45, 7) is 3.99. The van der Waals surface area contributed by atoms with Crippen LogP contribution >= 0.6 is 0 Å². The van der Waals surface area contributed by atoms with Crippen LogP contribution in [0.4, 0.5) is 0 Å². The molecule has 0 radical (unpaired) electrons. The van der Waals surface area contributed by atoms with Crippen molar-refractivity contribution in [2.24, 2.45) is 5.92 Å². The van der Waals surface area contributed by atoms with Gasteiger partial charge in [-0.25, -0.2) is 0 Å². The maximum absolute atomic E-state index is 12.5. The summed E-state index contributed by atoms with van der Waals surface area (Å²) in [5.74, 6) is -0.145. The van der Waals surface area contributed by atoms with Crippen LogP contribution in [-0.4, -0.2) is 12.1 Å². The highest BCUT2D eigenvalue weighted by Crippen LogP contribution is 2.59. The second-order valence-electron chi connectivity index (χ2n) is 6.12. The molecule has 1 saturated carbocycles. The summed E-state index contributed by atoms with van der Waals surface area (Å²) >= 11 is 0. The number of hydrogen-bond acceptors (Lipinski definition) is 2. The highest BCUT2D eigenvalue weighted by molar-refractivity contribution is 5.81. The lowest BCUT2D eigenvalue weighted by Crippen LogP contribution is -2.22. The van der Waals surface area contributed by atoms with E-state index >= 15 is 0 Å². The highest BCUT2D eigenvalue weighted by Gasteiger charge is 2.61. The van der Waals surface area contributed by atoms with Gasteiger partial charge >= 0.3 is 5.97 Å². The Kier molecular flexibility index (Phi) is 4.02. The first-order valence-electron chi connectivity index (χ1n) is 8.00. The molecule has 22 heavy (non-hydrogen) atoms. The van der Waals surface area contributed by atoms with E-state index in [-0.39, 0.29) is 23.4 Å². The van der Waals surface area contributed by atoms with Crippen LogP contribution in [-0.2, 0) is 14.9 Å². The van der Waals surface area contributed by atoms with E-state index in [0.29, 0.717) is 0 Å². The summed E-state index contributed by atoms with van der Waals surface area (Å²) in [6, 6.07) is 20.6. The second-order valence-corrected chi connectivity index (χ2v) is 6.12. The summed E-state index contributed by atoms with van der Waals surface area (Å²) in [7, 11) is 0. The molecular formula is C20H22O2. The lowest BCUT2D eigenvalue weighted by molar-refractivity contribution is -0.150. The van der Waals surface area contributed by atoms with Crippen LogP contribution in [0.5, 0.6) is 0 Å². The zero-order chi connectivity index (χ0) is 15.6. The second kappa shape index (κ2) is 5.96. The van der Waals surface area contributed by atoms with Gasteiger partial charge in [0.25, 0.3) is 0 Å². The Morgan fingerprint density at radius 2 is 1.59 bits per heavy atom. The molecule has 1 aliphatic rings. The van der Waals surface area contributed by atoms with E-state index in [1.165, 1.54) is 11.1 Å². The molecule has 1 fully saturated rings. The molecule has 0 heterocycles. The molecule has 2 heteroatoms. The van der Waals surface area contributed by atoms with E-state index < -0.39 is 0 Å².